The molecule has 1 aliphatic carbocycles. The molecule has 4 rings (SSSR count). The first-order valence-electron chi connectivity index (χ1n) is 8.14. The number of hydrogen-bond acceptors (Lipinski definition) is 4. The van der Waals surface area contributed by atoms with Crippen molar-refractivity contribution in [3.63, 3.8) is 0 Å². The van der Waals surface area contributed by atoms with Gasteiger partial charge in [-0.25, -0.2) is 4.98 Å². The number of ether oxygens (including phenoxy) is 1. The summed E-state index contributed by atoms with van der Waals surface area (Å²) < 4.78 is 7.86. The Balaban J connectivity index is 1.52. The highest BCUT2D eigenvalue weighted by Gasteiger charge is 2.30. The van der Waals surface area contributed by atoms with Crippen molar-refractivity contribution in [1.29, 1.82) is 0 Å². The van der Waals surface area contributed by atoms with E-state index in [4.69, 9.17) is 4.74 Å². The van der Waals surface area contributed by atoms with Gasteiger partial charge < -0.3 is 14.2 Å². The summed E-state index contributed by atoms with van der Waals surface area (Å²) in [5, 5.41) is 0. The Hall–Kier alpha value is -1.66. The van der Waals surface area contributed by atoms with Crippen LogP contribution < -0.4 is 0 Å². The molecule has 0 aromatic carbocycles. The number of amides is 1. The van der Waals surface area contributed by atoms with E-state index in [1.165, 1.54) is 16.9 Å². The van der Waals surface area contributed by atoms with Gasteiger partial charge in [-0.15, -0.1) is 11.3 Å². The van der Waals surface area contributed by atoms with Crippen LogP contribution in [0.5, 0.6) is 0 Å². The highest BCUT2D eigenvalue weighted by molar-refractivity contribution is 7.14. The average molecular weight is 331 g/mol. The zero-order valence-electron chi connectivity index (χ0n) is 13.5. The Morgan fingerprint density at radius 1 is 1.43 bits per heavy atom. The lowest BCUT2D eigenvalue weighted by Gasteiger charge is -2.32. The fourth-order valence-electron chi connectivity index (χ4n) is 3.51. The van der Waals surface area contributed by atoms with E-state index in [-0.39, 0.29) is 12.0 Å². The molecule has 0 radical (unpaired) electrons. The number of aromatic nitrogens is 2. The van der Waals surface area contributed by atoms with Gasteiger partial charge in [0, 0.05) is 24.7 Å². The van der Waals surface area contributed by atoms with E-state index in [2.05, 4.69) is 11.1 Å². The smallest absolute Gasteiger partial charge is 0.264 e. The molecule has 0 bridgehead atoms. The number of rotatable bonds is 2. The summed E-state index contributed by atoms with van der Waals surface area (Å²) in [5.74, 6) is 1.04. The summed E-state index contributed by atoms with van der Waals surface area (Å²) in [5.41, 5.74) is 2.35. The molecule has 1 atom stereocenters. The third-order valence-corrected chi connectivity index (χ3v) is 5.86. The van der Waals surface area contributed by atoms with Crippen LogP contribution in [0.15, 0.2) is 12.3 Å². The molecule has 1 fully saturated rings. The molecule has 0 unspecified atom stereocenters. The van der Waals surface area contributed by atoms with Gasteiger partial charge in [0.15, 0.2) is 0 Å². The lowest BCUT2D eigenvalue weighted by Crippen LogP contribution is -2.42. The third-order valence-electron chi connectivity index (χ3n) is 4.63. The zero-order valence-corrected chi connectivity index (χ0v) is 14.4. The van der Waals surface area contributed by atoms with Crippen LogP contribution in [0.2, 0.25) is 0 Å². The Bertz CT molecular complexity index is 728. The fraction of sp³-hybridized carbons (Fsp3) is 0.529. The normalized spacial score (nSPS) is 20.8. The minimum Gasteiger partial charge on any atom is -0.367 e. The molecule has 2 aliphatic rings. The second-order valence-corrected chi connectivity index (χ2v) is 7.51. The van der Waals surface area contributed by atoms with Gasteiger partial charge in [0.2, 0.25) is 0 Å². The van der Waals surface area contributed by atoms with Crippen molar-refractivity contribution in [3.8, 4) is 0 Å². The van der Waals surface area contributed by atoms with Gasteiger partial charge in [0.25, 0.3) is 5.91 Å². The Morgan fingerprint density at radius 2 is 2.30 bits per heavy atom. The van der Waals surface area contributed by atoms with E-state index in [1.807, 2.05) is 29.6 Å². The Labute approximate surface area is 139 Å². The lowest BCUT2D eigenvalue weighted by atomic mass is 10.2. The van der Waals surface area contributed by atoms with Crippen LogP contribution in [0.4, 0.5) is 0 Å². The van der Waals surface area contributed by atoms with Crippen LogP contribution in [0.1, 0.15) is 44.2 Å². The van der Waals surface area contributed by atoms with Crippen molar-refractivity contribution in [2.75, 3.05) is 19.7 Å². The van der Waals surface area contributed by atoms with Crippen LogP contribution in [0.3, 0.4) is 0 Å². The molecule has 0 saturated carbocycles. The van der Waals surface area contributed by atoms with Crippen molar-refractivity contribution in [1.82, 2.24) is 14.5 Å². The summed E-state index contributed by atoms with van der Waals surface area (Å²) in [7, 11) is 1.98. The molecule has 0 spiro atoms. The summed E-state index contributed by atoms with van der Waals surface area (Å²) in [4.78, 5) is 21.6. The molecule has 5 nitrogen and oxygen atoms in total. The van der Waals surface area contributed by atoms with Crippen LogP contribution in [0.25, 0.3) is 0 Å². The summed E-state index contributed by atoms with van der Waals surface area (Å²) in [6, 6.07) is 2.10. The fourth-order valence-corrected chi connectivity index (χ4v) is 4.74. The van der Waals surface area contributed by atoms with Crippen LogP contribution in [-0.2, 0) is 24.6 Å². The van der Waals surface area contributed by atoms with Gasteiger partial charge in [-0.2, -0.15) is 0 Å². The maximum atomic E-state index is 12.8. The van der Waals surface area contributed by atoms with Crippen molar-refractivity contribution >= 4 is 17.2 Å². The molecular formula is C17H21N3O2S. The van der Waals surface area contributed by atoms with Gasteiger partial charge in [-0.05, 0) is 37.8 Å². The predicted molar refractivity (Wildman–Crippen MR) is 88.9 cm³/mol. The first kappa shape index (κ1) is 14.9. The SMILES string of the molecule is Cc1cn(C)c([C@H]2CN(C(=O)c3cc4c(s3)CCC4)CCO2)n1. The van der Waals surface area contributed by atoms with E-state index in [9.17, 15) is 4.79 Å². The molecule has 23 heavy (non-hydrogen) atoms. The minimum absolute atomic E-state index is 0.141. The Kier molecular flexibility index (Phi) is 3.73. The maximum absolute atomic E-state index is 12.8. The molecule has 0 N–H and O–H groups in total. The van der Waals surface area contributed by atoms with Crippen LogP contribution >= 0.6 is 11.3 Å². The van der Waals surface area contributed by atoms with Gasteiger partial charge in [0.05, 0.1) is 23.7 Å². The van der Waals surface area contributed by atoms with Gasteiger partial charge in [-0.3, -0.25) is 4.79 Å². The molecule has 2 aromatic heterocycles. The van der Waals surface area contributed by atoms with E-state index in [0.29, 0.717) is 19.7 Å². The second kappa shape index (κ2) is 5.76. The topological polar surface area (TPSA) is 47.4 Å². The van der Waals surface area contributed by atoms with E-state index in [0.717, 1.165) is 29.2 Å². The number of imidazole rings is 1. The summed E-state index contributed by atoms with van der Waals surface area (Å²) in [6.07, 6.45) is 5.33. The van der Waals surface area contributed by atoms with Gasteiger partial charge in [0.1, 0.15) is 11.9 Å². The number of carbonyl (C=O) groups is 1. The highest BCUT2D eigenvalue weighted by atomic mass is 32.1. The Morgan fingerprint density at radius 3 is 3.04 bits per heavy atom. The molecule has 122 valence electrons. The summed E-state index contributed by atoms with van der Waals surface area (Å²) >= 11 is 1.68. The number of hydrogen-bond donors (Lipinski definition) is 0. The first-order valence-corrected chi connectivity index (χ1v) is 8.96. The van der Waals surface area contributed by atoms with Crippen molar-refractivity contribution in [2.45, 2.75) is 32.3 Å². The number of nitrogens with zero attached hydrogens (tertiary/aromatic N) is 3. The lowest BCUT2D eigenvalue weighted by molar-refractivity contribution is -0.0277. The second-order valence-electron chi connectivity index (χ2n) is 6.37. The van der Waals surface area contributed by atoms with E-state index in [1.54, 1.807) is 11.3 Å². The number of aryl methyl sites for hydroxylation is 4. The van der Waals surface area contributed by atoms with Crippen LogP contribution in [0, 0.1) is 6.92 Å². The molecular weight excluding hydrogens is 310 g/mol. The standard InChI is InChI=1S/C17H21N3O2S/c1-11-9-19(2)16(18-11)13-10-20(6-7-22-13)17(21)15-8-12-4-3-5-14(12)23-15/h8-9,13H,3-7,10H2,1-2H3/t13-/m1/s1. The number of thiophene rings is 1. The number of morpholine rings is 1. The largest absolute Gasteiger partial charge is 0.367 e. The maximum Gasteiger partial charge on any atom is 0.264 e. The molecule has 2 aromatic rings. The van der Waals surface area contributed by atoms with Gasteiger partial charge in [-0.1, -0.05) is 0 Å². The quantitative estimate of drug-likeness (QED) is 0.849. The first-order chi connectivity index (χ1) is 11.1. The molecule has 1 saturated heterocycles. The zero-order chi connectivity index (χ0) is 16.0. The molecule has 1 aliphatic heterocycles. The minimum atomic E-state index is -0.141. The monoisotopic (exact) mass is 331 g/mol. The highest BCUT2D eigenvalue weighted by Crippen LogP contribution is 2.32. The number of carbonyl (C=O) groups excluding carboxylic acids is 1. The predicted octanol–water partition coefficient (Wildman–Crippen LogP) is 2.49. The molecule has 6 heteroatoms. The third kappa shape index (κ3) is 2.70. The molecule has 1 amide bonds. The van der Waals surface area contributed by atoms with Crippen molar-refractivity contribution in [2.24, 2.45) is 7.05 Å². The van der Waals surface area contributed by atoms with E-state index >= 15 is 0 Å². The number of fused-ring (bicyclic) bond motifs is 1. The van der Waals surface area contributed by atoms with E-state index < -0.39 is 0 Å². The van der Waals surface area contributed by atoms with Gasteiger partial charge >= 0.3 is 0 Å². The summed E-state index contributed by atoms with van der Waals surface area (Å²) in [6.45, 7) is 3.77. The average Bonchev–Trinajstić information content (AvgIpc) is 3.21. The van der Waals surface area contributed by atoms with Crippen molar-refractivity contribution < 1.29 is 9.53 Å². The van der Waals surface area contributed by atoms with Crippen LogP contribution in [-0.4, -0.2) is 40.1 Å². The molecule has 3 heterocycles. The van der Waals surface area contributed by atoms with Crippen molar-refractivity contribution in [3.05, 3.63) is 39.1 Å².